The van der Waals surface area contributed by atoms with Crippen LogP contribution in [0.2, 0.25) is 0 Å². The van der Waals surface area contributed by atoms with Gasteiger partial charge in [0.25, 0.3) is 0 Å². The van der Waals surface area contributed by atoms with Crippen LogP contribution in [0.15, 0.2) is 47.6 Å². The van der Waals surface area contributed by atoms with Crippen molar-refractivity contribution < 1.29 is 23.8 Å². The Morgan fingerprint density at radius 1 is 1.22 bits per heavy atom. The van der Waals surface area contributed by atoms with Crippen LogP contribution < -0.4 is 14.2 Å². The smallest absolute Gasteiger partial charge is 0.339 e. The molecule has 6 nitrogen and oxygen atoms in total. The zero-order chi connectivity index (χ0) is 16.1. The molecule has 2 aromatic rings. The van der Waals surface area contributed by atoms with Gasteiger partial charge in [0.2, 0.25) is 6.79 Å². The van der Waals surface area contributed by atoms with E-state index in [9.17, 15) is 4.79 Å². The number of ether oxygens (including phenoxy) is 3. The van der Waals surface area contributed by atoms with Crippen LogP contribution in [-0.4, -0.2) is 26.1 Å². The molecule has 0 saturated carbocycles. The molecule has 0 N–H and O–H groups in total. The second kappa shape index (κ2) is 6.83. The van der Waals surface area contributed by atoms with Gasteiger partial charge in [0.05, 0.1) is 19.7 Å². The standard InChI is InChI=1S/C17H15NO5/c1-20-14-5-3-2-4-13(14)9-17(19)23-18-10-12-6-7-15-16(8-12)22-11-21-15/h2-8,10H,9,11H2,1H3/b18-10-. The van der Waals surface area contributed by atoms with Crippen molar-refractivity contribution in [2.75, 3.05) is 13.9 Å². The number of methoxy groups -OCH3 is 1. The summed E-state index contributed by atoms with van der Waals surface area (Å²) in [4.78, 5) is 16.7. The summed E-state index contributed by atoms with van der Waals surface area (Å²) in [6.45, 7) is 0.212. The van der Waals surface area contributed by atoms with E-state index in [0.29, 0.717) is 17.2 Å². The lowest BCUT2D eigenvalue weighted by molar-refractivity contribution is -0.142. The molecule has 118 valence electrons. The summed E-state index contributed by atoms with van der Waals surface area (Å²) in [7, 11) is 1.56. The van der Waals surface area contributed by atoms with Crippen LogP contribution in [0.25, 0.3) is 0 Å². The van der Waals surface area contributed by atoms with Crippen molar-refractivity contribution in [3.8, 4) is 17.2 Å². The van der Waals surface area contributed by atoms with E-state index < -0.39 is 5.97 Å². The molecule has 0 spiro atoms. The predicted molar refractivity (Wildman–Crippen MR) is 82.9 cm³/mol. The molecule has 3 rings (SSSR count). The third kappa shape index (κ3) is 3.60. The van der Waals surface area contributed by atoms with Gasteiger partial charge in [-0.15, -0.1) is 0 Å². The van der Waals surface area contributed by atoms with Gasteiger partial charge < -0.3 is 19.0 Å². The van der Waals surface area contributed by atoms with Crippen LogP contribution >= 0.6 is 0 Å². The lowest BCUT2D eigenvalue weighted by Crippen LogP contribution is -2.05. The monoisotopic (exact) mass is 313 g/mol. The number of hydrogen-bond donors (Lipinski definition) is 0. The van der Waals surface area contributed by atoms with Crippen LogP contribution in [-0.2, 0) is 16.1 Å². The van der Waals surface area contributed by atoms with Gasteiger partial charge in [0, 0.05) is 11.1 Å². The second-order valence-corrected chi connectivity index (χ2v) is 4.80. The molecule has 1 aliphatic heterocycles. The third-order valence-corrected chi connectivity index (χ3v) is 3.28. The third-order valence-electron chi connectivity index (χ3n) is 3.28. The first-order chi connectivity index (χ1) is 11.3. The first-order valence-electron chi connectivity index (χ1n) is 7.01. The van der Waals surface area contributed by atoms with Crippen LogP contribution in [0.1, 0.15) is 11.1 Å². The number of carbonyl (C=O) groups excluding carboxylic acids is 1. The van der Waals surface area contributed by atoms with Crippen molar-refractivity contribution in [1.29, 1.82) is 0 Å². The fourth-order valence-electron chi connectivity index (χ4n) is 2.18. The summed E-state index contributed by atoms with van der Waals surface area (Å²) in [5.41, 5.74) is 1.50. The van der Waals surface area contributed by atoms with E-state index in [4.69, 9.17) is 19.0 Å². The van der Waals surface area contributed by atoms with Crippen molar-refractivity contribution in [3.63, 3.8) is 0 Å². The molecule has 0 amide bonds. The van der Waals surface area contributed by atoms with E-state index in [-0.39, 0.29) is 13.2 Å². The summed E-state index contributed by atoms with van der Waals surface area (Å²) in [5.74, 6) is 1.51. The molecule has 0 aliphatic carbocycles. The molecule has 0 radical (unpaired) electrons. The fourth-order valence-corrected chi connectivity index (χ4v) is 2.18. The molecule has 0 aromatic heterocycles. The van der Waals surface area contributed by atoms with Gasteiger partial charge in [-0.25, -0.2) is 4.79 Å². The van der Waals surface area contributed by atoms with Gasteiger partial charge in [-0.05, 0) is 24.3 Å². The van der Waals surface area contributed by atoms with Gasteiger partial charge in [0.15, 0.2) is 11.5 Å². The Morgan fingerprint density at radius 2 is 2.04 bits per heavy atom. The average Bonchev–Trinajstić information content (AvgIpc) is 3.03. The van der Waals surface area contributed by atoms with Crippen molar-refractivity contribution >= 4 is 12.2 Å². The molecule has 0 unspecified atom stereocenters. The van der Waals surface area contributed by atoms with Crippen LogP contribution in [0.4, 0.5) is 0 Å². The highest BCUT2D eigenvalue weighted by atomic mass is 16.7. The summed E-state index contributed by atoms with van der Waals surface area (Å²) >= 11 is 0. The normalized spacial score (nSPS) is 12.4. The molecular formula is C17H15NO5. The van der Waals surface area contributed by atoms with Gasteiger partial charge in [-0.3, -0.25) is 0 Å². The summed E-state index contributed by atoms with van der Waals surface area (Å²) in [5, 5.41) is 3.71. The minimum atomic E-state index is -0.466. The van der Waals surface area contributed by atoms with Gasteiger partial charge in [0.1, 0.15) is 5.75 Å². The largest absolute Gasteiger partial charge is 0.496 e. The summed E-state index contributed by atoms with van der Waals surface area (Å²) in [6, 6.07) is 12.6. The molecular weight excluding hydrogens is 298 g/mol. The van der Waals surface area contributed by atoms with Crippen molar-refractivity contribution in [3.05, 3.63) is 53.6 Å². The summed E-state index contributed by atoms with van der Waals surface area (Å²) in [6.07, 6.45) is 1.53. The zero-order valence-corrected chi connectivity index (χ0v) is 12.5. The Morgan fingerprint density at radius 3 is 2.91 bits per heavy atom. The molecule has 0 atom stereocenters. The molecule has 0 bridgehead atoms. The number of rotatable bonds is 5. The SMILES string of the molecule is COc1ccccc1CC(=O)O/N=C\c1ccc2c(c1)OCO2. The number of nitrogens with zero attached hydrogens (tertiary/aromatic N) is 1. The highest BCUT2D eigenvalue weighted by Gasteiger charge is 2.13. The number of benzene rings is 2. The number of para-hydroxylation sites is 1. The van der Waals surface area contributed by atoms with E-state index in [0.717, 1.165) is 11.1 Å². The molecule has 1 heterocycles. The Bertz CT molecular complexity index is 742. The first kappa shape index (κ1) is 14.9. The minimum Gasteiger partial charge on any atom is -0.496 e. The molecule has 6 heteroatoms. The lowest BCUT2D eigenvalue weighted by Gasteiger charge is -2.05. The Hall–Kier alpha value is -3.02. The zero-order valence-electron chi connectivity index (χ0n) is 12.5. The molecule has 2 aromatic carbocycles. The summed E-state index contributed by atoms with van der Waals surface area (Å²) < 4.78 is 15.7. The predicted octanol–water partition coefficient (Wildman–Crippen LogP) is 2.54. The van der Waals surface area contributed by atoms with E-state index in [1.807, 2.05) is 18.2 Å². The Kier molecular flexibility index (Phi) is 4.42. The number of oxime groups is 1. The van der Waals surface area contributed by atoms with Crippen LogP contribution in [0.3, 0.4) is 0 Å². The minimum absolute atomic E-state index is 0.0858. The number of hydrogen-bond acceptors (Lipinski definition) is 6. The van der Waals surface area contributed by atoms with Gasteiger partial charge >= 0.3 is 5.97 Å². The second-order valence-electron chi connectivity index (χ2n) is 4.80. The van der Waals surface area contributed by atoms with Crippen molar-refractivity contribution in [2.24, 2.45) is 5.16 Å². The molecule has 0 saturated heterocycles. The maximum Gasteiger partial charge on any atom is 0.339 e. The van der Waals surface area contributed by atoms with E-state index >= 15 is 0 Å². The molecule has 1 aliphatic rings. The average molecular weight is 313 g/mol. The van der Waals surface area contributed by atoms with E-state index in [1.54, 1.807) is 31.4 Å². The Balaban J connectivity index is 1.58. The van der Waals surface area contributed by atoms with E-state index in [2.05, 4.69) is 5.16 Å². The molecule has 23 heavy (non-hydrogen) atoms. The maximum absolute atomic E-state index is 11.8. The van der Waals surface area contributed by atoms with Crippen LogP contribution in [0.5, 0.6) is 17.2 Å². The topological polar surface area (TPSA) is 66.4 Å². The van der Waals surface area contributed by atoms with Crippen LogP contribution in [0, 0.1) is 0 Å². The first-order valence-corrected chi connectivity index (χ1v) is 7.01. The number of carbonyl (C=O) groups is 1. The Labute approximate surface area is 133 Å². The number of fused-ring (bicyclic) bond motifs is 1. The maximum atomic E-state index is 11.8. The fraction of sp³-hybridized carbons (Fsp3) is 0.176. The molecule has 0 fully saturated rings. The van der Waals surface area contributed by atoms with E-state index in [1.165, 1.54) is 6.21 Å². The quantitative estimate of drug-likeness (QED) is 0.482. The van der Waals surface area contributed by atoms with Crippen molar-refractivity contribution in [2.45, 2.75) is 6.42 Å². The van der Waals surface area contributed by atoms with Crippen molar-refractivity contribution in [1.82, 2.24) is 0 Å². The highest BCUT2D eigenvalue weighted by molar-refractivity contribution is 5.81. The van der Waals surface area contributed by atoms with Gasteiger partial charge in [-0.2, -0.15) is 0 Å². The highest BCUT2D eigenvalue weighted by Crippen LogP contribution is 2.31. The van der Waals surface area contributed by atoms with Gasteiger partial charge in [-0.1, -0.05) is 23.4 Å². The lowest BCUT2D eigenvalue weighted by atomic mass is 10.1.